The molecule has 0 radical (unpaired) electrons. The molecule has 2 N–H and O–H groups in total. The molecule has 1 fully saturated rings. The third-order valence-corrected chi connectivity index (χ3v) is 5.94. The number of hydrazine groups is 1. The van der Waals surface area contributed by atoms with E-state index in [0.717, 1.165) is 0 Å². The number of methoxy groups -OCH3 is 1. The largest absolute Gasteiger partial charge is 0.497 e. The number of amides is 3. The lowest BCUT2D eigenvalue weighted by molar-refractivity contribution is -0.124. The molecule has 3 amide bonds. The van der Waals surface area contributed by atoms with E-state index >= 15 is 0 Å². The number of para-hydroxylation sites is 1. The summed E-state index contributed by atoms with van der Waals surface area (Å²) < 4.78 is 5.18. The van der Waals surface area contributed by atoms with E-state index in [4.69, 9.17) is 28.6 Å². The zero-order valence-corrected chi connectivity index (χ0v) is 20.2. The molecule has 0 aliphatic carbocycles. The van der Waals surface area contributed by atoms with Crippen LogP contribution in [-0.4, -0.2) is 41.0 Å². The van der Waals surface area contributed by atoms with Gasteiger partial charge >= 0.3 is 0 Å². The molecule has 8 nitrogen and oxygen atoms in total. The molecule has 0 bridgehead atoms. The molecule has 1 unspecified atom stereocenters. The van der Waals surface area contributed by atoms with Crippen molar-refractivity contribution >= 4 is 58.0 Å². The van der Waals surface area contributed by atoms with Gasteiger partial charge < -0.3 is 10.1 Å². The van der Waals surface area contributed by atoms with Crippen molar-refractivity contribution in [3.05, 3.63) is 89.4 Å². The lowest BCUT2D eigenvalue weighted by Crippen LogP contribution is -2.49. The van der Waals surface area contributed by atoms with E-state index in [1.807, 2.05) is 6.07 Å². The minimum atomic E-state index is -1.05. The summed E-state index contributed by atoms with van der Waals surface area (Å²) in [5.41, 5.74) is 4.07. The topological polar surface area (TPSA) is 91.0 Å². The Bertz CT molecular complexity index is 1250. The average molecular weight is 509 g/mol. The molecule has 0 aromatic heterocycles. The quantitative estimate of drug-likeness (QED) is 0.468. The van der Waals surface area contributed by atoms with Crippen molar-refractivity contribution in [1.29, 1.82) is 0 Å². The van der Waals surface area contributed by atoms with E-state index in [2.05, 4.69) is 10.7 Å². The Morgan fingerprint density at radius 1 is 1.00 bits per heavy atom. The molecular weight excluding hydrogens is 488 g/mol. The summed E-state index contributed by atoms with van der Waals surface area (Å²) in [4.78, 5) is 40.4. The number of anilines is 2. The molecule has 1 aliphatic heterocycles. The van der Waals surface area contributed by atoms with Crippen molar-refractivity contribution in [2.24, 2.45) is 0 Å². The van der Waals surface area contributed by atoms with Gasteiger partial charge in [0, 0.05) is 16.3 Å². The van der Waals surface area contributed by atoms with Gasteiger partial charge in [-0.2, -0.15) is 0 Å². The summed E-state index contributed by atoms with van der Waals surface area (Å²) >= 11 is 11.5. The molecule has 1 heterocycles. The van der Waals surface area contributed by atoms with Crippen LogP contribution in [0.3, 0.4) is 0 Å². The molecule has 0 spiro atoms. The van der Waals surface area contributed by atoms with E-state index < -0.39 is 23.8 Å². The van der Waals surface area contributed by atoms with Gasteiger partial charge in [0.15, 0.2) is 0 Å². The van der Waals surface area contributed by atoms with Crippen LogP contribution in [0.1, 0.15) is 16.8 Å². The summed E-state index contributed by atoms with van der Waals surface area (Å²) in [6.07, 6.45) is -0.235. The van der Waals surface area contributed by atoms with Gasteiger partial charge in [-0.25, -0.2) is 5.01 Å². The third-order valence-electron chi connectivity index (χ3n) is 5.31. The highest BCUT2D eigenvalue weighted by atomic mass is 35.5. The van der Waals surface area contributed by atoms with E-state index in [0.29, 0.717) is 27.7 Å². The molecule has 3 aromatic rings. The maximum Gasteiger partial charge on any atom is 0.269 e. The molecule has 178 valence electrons. The van der Waals surface area contributed by atoms with Crippen molar-refractivity contribution in [3.63, 3.8) is 0 Å². The van der Waals surface area contributed by atoms with E-state index in [-0.39, 0.29) is 11.5 Å². The number of carbonyl (C=O) groups excluding carboxylic acids is 3. The van der Waals surface area contributed by atoms with Gasteiger partial charge in [-0.15, -0.1) is 0 Å². The first-order valence-corrected chi connectivity index (χ1v) is 11.4. The van der Waals surface area contributed by atoms with Gasteiger partial charge in [-0.05, 0) is 72.9 Å². The molecule has 3 aromatic carbocycles. The Hall–Kier alpha value is -3.95. The summed E-state index contributed by atoms with van der Waals surface area (Å²) in [5.74, 6) is -0.737. The monoisotopic (exact) mass is 508 g/mol. The van der Waals surface area contributed by atoms with Crippen molar-refractivity contribution in [1.82, 2.24) is 10.4 Å². The fraction of sp³-hybridized carbons (Fsp3) is 0.120. The van der Waals surface area contributed by atoms with Gasteiger partial charge in [-0.1, -0.05) is 29.8 Å². The lowest BCUT2D eigenvalue weighted by atomic mass is 10.1. The van der Waals surface area contributed by atoms with Crippen LogP contribution in [0.4, 0.5) is 11.4 Å². The number of hydrogen-bond donors (Lipinski definition) is 2. The highest BCUT2D eigenvalue weighted by molar-refractivity contribution is 7.80. The van der Waals surface area contributed by atoms with Crippen molar-refractivity contribution < 1.29 is 19.1 Å². The number of rotatable bonds is 7. The third kappa shape index (κ3) is 5.42. The van der Waals surface area contributed by atoms with Crippen LogP contribution in [0.25, 0.3) is 0 Å². The first-order chi connectivity index (χ1) is 16.9. The van der Waals surface area contributed by atoms with Crippen molar-refractivity contribution in [3.8, 4) is 5.75 Å². The molecule has 4 rings (SSSR count). The first-order valence-electron chi connectivity index (χ1n) is 10.6. The lowest BCUT2D eigenvalue weighted by Gasteiger charge is -2.24. The van der Waals surface area contributed by atoms with E-state index in [1.165, 1.54) is 17.0 Å². The Balaban J connectivity index is 1.60. The van der Waals surface area contributed by atoms with Crippen LogP contribution in [0.5, 0.6) is 5.75 Å². The zero-order valence-electron chi connectivity index (χ0n) is 18.6. The number of halogens is 1. The number of nitrogens with one attached hydrogen (secondary N) is 2. The second-order valence-electron chi connectivity index (χ2n) is 7.61. The van der Waals surface area contributed by atoms with Gasteiger partial charge in [-0.3, -0.25) is 24.7 Å². The van der Waals surface area contributed by atoms with E-state index in [1.54, 1.807) is 72.8 Å². The normalized spacial score (nSPS) is 15.2. The minimum absolute atomic E-state index is 0.0417. The SMILES string of the molecule is COc1ccc(N2C(=O)C(CC(=O)Nc3ccccc3)N(NC(=O)c3ccc(Cl)cc3)C2=S)cc1. The highest BCUT2D eigenvalue weighted by Crippen LogP contribution is 2.28. The van der Waals surface area contributed by atoms with Crippen LogP contribution in [0.15, 0.2) is 78.9 Å². The summed E-state index contributed by atoms with van der Waals surface area (Å²) in [6.45, 7) is 0. The molecular formula is C25H21ClN4O4S. The van der Waals surface area contributed by atoms with Crippen LogP contribution >= 0.6 is 23.8 Å². The van der Waals surface area contributed by atoms with Crippen molar-refractivity contribution in [2.45, 2.75) is 12.5 Å². The molecule has 1 aliphatic rings. The van der Waals surface area contributed by atoms with Gasteiger partial charge in [0.25, 0.3) is 11.8 Å². The maximum atomic E-state index is 13.4. The van der Waals surface area contributed by atoms with Crippen LogP contribution < -0.4 is 20.4 Å². The summed E-state index contributed by atoms with van der Waals surface area (Å²) in [5, 5.41) is 4.54. The predicted octanol–water partition coefficient (Wildman–Crippen LogP) is 4.02. The van der Waals surface area contributed by atoms with Gasteiger partial charge in [0.1, 0.15) is 11.8 Å². The Kier molecular flexibility index (Phi) is 7.28. The predicted molar refractivity (Wildman–Crippen MR) is 137 cm³/mol. The number of hydrogen-bond acceptors (Lipinski definition) is 5. The van der Waals surface area contributed by atoms with Crippen LogP contribution in [0, 0.1) is 0 Å². The zero-order chi connectivity index (χ0) is 24.9. The second kappa shape index (κ2) is 10.5. The van der Waals surface area contributed by atoms with E-state index in [9.17, 15) is 14.4 Å². The highest BCUT2D eigenvalue weighted by Gasteiger charge is 2.45. The second-order valence-corrected chi connectivity index (χ2v) is 8.41. The van der Waals surface area contributed by atoms with Gasteiger partial charge in [0.2, 0.25) is 11.0 Å². The molecule has 1 saturated heterocycles. The standard InChI is InChI=1S/C25H21ClN4O4S/c1-34-20-13-11-19(12-14-20)29-24(33)21(15-22(31)27-18-5-3-2-4-6-18)30(25(29)35)28-23(32)16-7-9-17(26)10-8-16/h2-14,21H,15H2,1H3,(H,27,31)(H,28,32). The molecule has 0 saturated carbocycles. The van der Waals surface area contributed by atoms with Crippen molar-refractivity contribution in [2.75, 3.05) is 17.3 Å². The molecule has 10 heteroatoms. The number of carbonyl (C=O) groups is 3. The van der Waals surface area contributed by atoms with Crippen LogP contribution in [0.2, 0.25) is 5.02 Å². The smallest absolute Gasteiger partial charge is 0.269 e. The number of nitrogens with zero attached hydrogens (tertiary/aromatic N) is 2. The Morgan fingerprint density at radius 2 is 1.66 bits per heavy atom. The molecule has 1 atom stereocenters. The minimum Gasteiger partial charge on any atom is -0.497 e. The summed E-state index contributed by atoms with van der Waals surface area (Å²) in [6, 6.07) is 20.8. The number of thiocarbonyl (C=S) groups is 1. The first kappa shape index (κ1) is 24.2. The molecule has 35 heavy (non-hydrogen) atoms. The number of benzene rings is 3. The Labute approximate surface area is 212 Å². The van der Waals surface area contributed by atoms with Gasteiger partial charge in [0.05, 0.1) is 19.2 Å². The van der Waals surface area contributed by atoms with Crippen LogP contribution in [-0.2, 0) is 9.59 Å². The fourth-order valence-electron chi connectivity index (χ4n) is 3.55. The summed E-state index contributed by atoms with van der Waals surface area (Å²) in [7, 11) is 1.54. The fourth-order valence-corrected chi connectivity index (χ4v) is 4.05. The number of ether oxygens (including phenoxy) is 1. The average Bonchev–Trinajstić information content (AvgIpc) is 3.09. The Morgan fingerprint density at radius 3 is 2.29 bits per heavy atom. The maximum absolute atomic E-state index is 13.4.